The number of likely N-dealkylation sites (N-methyl/N-ethyl adjacent to an activating group) is 2. The Morgan fingerprint density at radius 3 is 0.958 bits per heavy atom. The maximum absolute atomic E-state index is 12.6. The summed E-state index contributed by atoms with van der Waals surface area (Å²) in [5.74, 6) is 24.9. The Kier molecular flexibility index (Phi) is 43.5. The number of hydrogen-bond donors (Lipinski definition) is 2. The molecule has 0 aromatic rings. The van der Waals surface area contributed by atoms with Crippen molar-refractivity contribution in [1.82, 2.24) is 0 Å². The Labute approximate surface area is 441 Å². The summed E-state index contributed by atoms with van der Waals surface area (Å²) in [6.45, 7) is 4.17. The highest BCUT2D eigenvalue weighted by Gasteiger charge is 2.31. The number of phosphoric ester groups is 2. The molecule has 0 spiro atoms. The molecule has 1 heterocycles. The Balaban J connectivity index is 2.60. The normalized spacial score (nSPS) is 22.6. The van der Waals surface area contributed by atoms with E-state index in [1.165, 1.54) is 12.8 Å². The maximum atomic E-state index is 12.6. The lowest BCUT2D eigenvalue weighted by molar-refractivity contribution is -0.870. The first-order valence-electron chi connectivity index (χ1n) is 27.7. The third-order valence-electron chi connectivity index (χ3n) is 11.7. The molecule has 16 heteroatoms. The molecule has 0 aliphatic carbocycles. The van der Waals surface area contributed by atoms with E-state index in [0.29, 0.717) is 61.7 Å². The predicted octanol–water partition coefficient (Wildman–Crippen LogP) is 9.28. The summed E-state index contributed by atoms with van der Waals surface area (Å²) >= 11 is 0. The van der Waals surface area contributed by atoms with E-state index in [0.717, 1.165) is 167 Å². The van der Waals surface area contributed by atoms with E-state index in [1.807, 2.05) is 42.3 Å². The molecule has 1 aliphatic rings. The van der Waals surface area contributed by atoms with Crippen molar-refractivity contribution in [3.05, 3.63) is 0 Å². The van der Waals surface area contributed by atoms with Gasteiger partial charge >= 0.3 is 16.3 Å². The summed E-state index contributed by atoms with van der Waals surface area (Å²) in [4.78, 5) is 45.7. The van der Waals surface area contributed by atoms with Crippen molar-refractivity contribution in [3.63, 3.8) is 0 Å². The molecule has 2 unspecified atom stereocenters. The van der Waals surface area contributed by atoms with Gasteiger partial charge in [0.1, 0.15) is 51.7 Å². The van der Waals surface area contributed by atoms with Gasteiger partial charge in [0, 0.05) is 52.1 Å². The Hall–Kier alpha value is -1.46. The zero-order valence-electron chi connectivity index (χ0n) is 46.2. The minimum Gasteiger partial charge on any atom is -0.606 e. The third-order valence-corrected chi connectivity index (χ3v) is 13.7. The topological polar surface area (TPSA) is 160 Å². The molecule has 0 saturated carbocycles. The second-order valence-electron chi connectivity index (χ2n) is 21.1. The highest BCUT2D eigenvalue weighted by molar-refractivity contribution is 7.53. The van der Waals surface area contributed by atoms with Crippen LogP contribution in [-0.4, -0.2) is 152 Å². The molecule has 0 radical (unpaired) electrons. The average Bonchev–Trinajstić information content (AvgIpc) is 3.31. The fourth-order valence-electron chi connectivity index (χ4n) is 7.23. The molecule has 2 N–H and O–H groups in total. The Morgan fingerprint density at radius 1 is 0.403 bits per heavy atom. The van der Waals surface area contributed by atoms with E-state index in [1.54, 1.807) is 0 Å². The fourth-order valence-corrected chi connectivity index (χ4v) is 8.71. The summed E-state index contributed by atoms with van der Waals surface area (Å²) in [5, 5.41) is 0. The maximum Gasteiger partial charge on any atom is 0.377 e. The van der Waals surface area contributed by atoms with Crippen molar-refractivity contribution in [2.45, 2.75) is 192 Å². The monoisotopic (exact) mass is 1060 g/mol. The van der Waals surface area contributed by atoms with Crippen molar-refractivity contribution in [1.29, 1.82) is 0 Å². The summed E-state index contributed by atoms with van der Waals surface area (Å²) in [6, 6.07) is 0. The van der Waals surface area contributed by atoms with Crippen LogP contribution in [0.5, 0.6) is 0 Å². The van der Waals surface area contributed by atoms with Gasteiger partial charge in [0.25, 0.3) is 0 Å². The molecule has 1 aliphatic heterocycles. The van der Waals surface area contributed by atoms with E-state index in [-0.39, 0.29) is 26.4 Å². The van der Waals surface area contributed by atoms with Gasteiger partial charge < -0.3 is 37.7 Å². The molecule has 0 saturated heterocycles. The summed E-state index contributed by atoms with van der Waals surface area (Å²) in [6.07, 6.45) is 28.5. The van der Waals surface area contributed by atoms with Crippen LogP contribution in [0.2, 0.25) is 0 Å². The Morgan fingerprint density at radius 2 is 0.667 bits per heavy atom. The quantitative estimate of drug-likeness (QED) is 0.0966. The SMILES string of the molecule is C[N+](C)(C)CCO[P+]([O-])(O)OC[C@@H]1COCCCCCCCCC#CC#CCCCCCCCCOC[C@@H](CO[P+]([O-])(O)OCC[N+](C)(C)C)OCCCCCCCCC#CC#CCCCCCCCCO1. The molecular weight excluding hydrogens is 955 g/mol. The second-order valence-corrected chi connectivity index (χ2v) is 24.0. The van der Waals surface area contributed by atoms with Crippen molar-refractivity contribution in [2.75, 3.05) is 121 Å². The first-order chi connectivity index (χ1) is 34.6. The molecule has 1 rings (SSSR count). The van der Waals surface area contributed by atoms with Gasteiger partial charge in [-0.3, -0.25) is 0 Å². The molecule has 4 atom stereocenters. The summed E-state index contributed by atoms with van der Waals surface area (Å²) in [5.41, 5.74) is 0. The van der Waals surface area contributed by atoms with Crippen molar-refractivity contribution >= 4 is 16.3 Å². The molecule has 0 bridgehead atoms. The number of nitrogens with zero attached hydrogens (tertiary/aromatic N) is 2. The number of hydrogen-bond acceptors (Lipinski definition) is 12. The standard InChI is InChI=1S/C56H100N2O12P2/c1-57(2,3)43-49-67-71(59,60)69-53-55-51-63-45-39-35-31-27-23-19-15-11-7-8-12-16-20-24-28-32-36-40-46-64-52-56(54-70-72(61,62)68-50-44-58(4,5)6)66-48-42-38-34-30-26-22-18-14-10-9-13-17-21-25-29-33-37-41-47-65-55/h55-56H,15-54H2,1-6H3/p+2/t55-,56-/m0/s1. The van der Waals surface area contributed by atoms with Crippen LogP contribution in [0.25, 0.3) is 0 Å². The molecule has 14 nitrogen and oxygen atoms in total. The lowest BCUT2D eigenvalue weighted by Crippen LogP contribution is -2.38. The van der Waals surface area contributed by atoms with E-state index >= 15 is 0 Å². The van der Waals surface area contributed by atoms with Crippen LogP contribution in [0.1, 0.15) is 180 Å². The van der Waals surface area contributed by atoms with E-state index in [2.05, 4.69) is 47.4 Å². The number of rotatable bonds is 14. The van der Waals surface area contributed by atoms with Gasteiger partial charge in [-0.15, -0.1) is 0 Å². The van der Waals surface area contributed by atoms with Crippen LogP contribution in [0.4, 0.5) is 0 Å². The minimum absolute atomic E-state index is 0.0675. The van der Waals surface area contributed by atoms with E-state index in [4.69, 9.17) is 37.0 Å². The summed E-state index contributed by atoms with van der Waals surface area (Å²) < 4.78 is 46.5. The lowest BCUT2D eigenvalue weighted by Gasteiger charge is -2.26. The zero-order chi connectivity index (χ0) is 52.8. The average molecular weight is 1060 g/mol. The zero-order valence-corrected chi connectivity index (χ0v) is 48.0. The number of quaternary nitrogens is 2. The van der Waals surface area contributed by atoms with Crippen molar-refractivity contribution in [3.8, 4) is 47.4 Å². The predicted molar refractivity (Wildman–Crippen MR) is 289 cm³/mol. The smallest absolute Gasteiger partial charge is 0.377 e. The third kappa shape index (κ3) is 50.7. The molecule has 0 fully saturated rings. The summed E-state index contributed by atoms with van der Waals surface area (Å²) in [7, 11) is 3.57. The van der Waals surface area contributed by atoms with E-state index in [9.17, 15) is 19.6 Å². The van der Waals surface area contributed by atoms with Gasteiger partial charge in [-0.2, -0.15) is 27.9 Å². The fraction of sp³-hybridized carbons (Fsp3) is 0.857. The van der Waals surface area contributed by atoms with Gasteiger partial charge in [0.2, 0.25) is 0 Å². The molecule has 0 aromatic heterocycles. The van der Waals surface area contributed by atoms with Crippen LogP contribution >= 0.6 is 16.3 Å². The highest BCUT2D eigenvalue weighted by atomic mass is 31.2. The molecule has 72 heavy (non-hydrogen) atoms. The molecule has 0 amide bonds. The van der Waals surface area contributed by atoms with Crippen LogP contribution in [0.15, 0.2) is 0 Å². The Bertz CT molecular complexity index is 1430. The number of phosphoric acid groups is 2. The van der Waals surface area contributed by atoms with Gasteiger partial charge in [0.15, 0.2) is 0 Å². The molecule has 416 valence electrons. The lowest BCUT2D eigenvalue weighted by atomic mass is 10.1. The first-order valence-corrected chi connectivity index (χ1v) is 30.7. The van der Waals surface area contributed by atoms with Crippen LogP contribution in [0, 0.1) is 47.4 Å². The molecular formula is C56H102N2O12P2+2. The van der Waals surface area contributed by atoms with Crippen LogP contribution < -0.4 is 9.79 Å². The van der Waals surface area contributed by atoms with Gasteiger partial charge in [0.05, 0.1) is 55.5 Å². The van der Waals surface area contributed by atoms with Gasteiger partial charge in [-0.25, -0.2) is 0 Å². The van der Waals surface area contributed by atoms with Gasteiger partial charge in [-0.05, 0) is 75.0 Å². The van der Waals surface area contributed by atoms with Crippen molar-refractivity contribution < 1.29 is 65.6 Å². The van der Waals surface area contributed by atoms with E-state index < -0.39 is 28.5 Å². The second kappa shape index (κ2) is 45.7. The first kappa shape index (κ1) is 68.6. The van der Waals surface area contributed by atoms with Crippen LogP contribution in [-0.2, 0) is 37.0 Å². The minimum atomic E-state index is -4.20. The van der Waals surface area contributed by atoms with Crippen LogP contribution in [0.3, 0.4) is 0 Å². The highest BCUT2D eigenvalue weighted by Crippen LogP contribution is 2.48. The van der Waals surface area contributed by atoms with Crippen molar-refractivity contribution in [2.24, 2.45) is 0 Å². The number of ether oxygens (including phenoxy) is 4. The molecule has 0 aromatic carbocycles. The largest absolute Gasteiger partial charge is 0.606 e. The van der Waals surface area contributed by atoms with Gasteiger partial charge in [-0.1, -0.05) is 126 Å².